The molecule has 2 aromatic heterocycles. The number of ether oxygens (including phenoxy) is 1. The molecule has 0 fully saturated rings. The molecular formula is C9H10ClN3OS. The van der Waals surface area contributed by atoms with Gasteiger partial charge in [-0.25, -0.2) is 15.0 Å². The van der Waals surface area contributed by atoms with Crippen molar-refractivity contribution < 1.29 is 4.74 Å². The van der Waals surface area contributed by atoms with Gasteiger partial charge in [0.2, 0.25) is 0 Å². The number of hydrogen-bond donors (Lipinski definition) is 0. The zero-order valence-electron chi connectivity index (χ0n) is 8.40. The van der Waals surface area contributed by atoms with Crippen molar-refractivity contribution in [1.82, 2.24) is 15.0 Å². The highest BCUT2D eigenvalue weighted by Crippen LogP contribution is 2.24. The summed E-state index contributed by atoms with van der Waals surface area (Å²) in [6.07, 6.45) is 1.63. The van der Waals surface area contributed by atoms with E-state index in [1.807, 2.05) is 13.8 Å². The van der Waals surface area contributed by atoms with Crippen LogP contribution < -0.4 is 0 Å². The molecule has 0 unspecified atom stereocenters. The molecule has 2 heterocycles. The summed E-state index contributed by atoms with van der Waals surface area (Å²) in [6.45, 7) is 4.47. The van der Waals surface area contributed by atoms with Crippen molar-refractivity contribution in [2.24, 2.45) is 0 Å². The van der Waals surface area contributed by atoms with E-state index in [0.29, 0.717) is 17.3 Å². The fourth-order valence-corrected chi connectivity index (χ4v) is 2.13. The van der Waals surface area contributed by atoms with E-state index in [1.54, 1.807) is 0 Å². The fraction of sp³-hybridized carbons (Fsp3) is 0.444. The van der Waals surface area contributed by atoms with Crippen molar-refractivity contribution >= 4 is 33.3 Å². The third kappa shape index (κ3) is 2.42. The van der Waals surface area contributed by atoms with Crippen molar-refractivity contribution in [1.29, 1.82) is 0 Å². The summed E-state index contributed by atoms with van der Waals surface area (Å²) >= 11 is 7.37. The highest BCUT2D eigenvalue weighted by Gasteiger charge is 2.09. The first-order chi connectivity index (χ1) is 7.16. The van der Waals surface area contributed by atoms with E-state index >= 15 is 0 Å². The molecule has 0 atom stereocenters. The molecule has 0 N–H and O–H groups in total. The smallest absolute Gasteiger partial charge is 0.159 e. The molecule has 0 radical (unpaired) electrons. The Hall–Kier alpha value is -0.780. The topological polar surface area (TPSA) is 47.9 Å². The fourth-order valence-electron chi connectivity index (χ4n) is 1.07. The maximum atomic E-state index is 5.89. The number of rotatable bonds is 3. The van der Waals surface area contributed by atoms with Crippen LogP contribution in [0.3, 0.4) is 0 Å². The Morgan fingerprint density at radius 2 is 2.27 bits per heavy atom. The van der Waals surface area contributed by atoms with Gasteiger partial charge in [-0.1, -0.05) is 22.9 Å². The van der Waals surface area contributed by atoms with Crippen LogP contribution in [-0.2, 0) is 11.3 Å². The summed E-state index contributed by atoms with van der Waals surface area (Å²) in [5.74, 6) is 0. The maximum Gasteiger partial charge on any atom is 0.159 e. The van der Waals surface area contributed by atoms with E-state index in [-0.39, 0.29) is 6.10 Å². The first kappa shape index (κ1) is 10.7. The average molecular weight is 244 g/mol. The Morgan fingerprint density at radius 3 is 2.93 bits per heavy atom. The second-order valence-corrected chi connectivity index (χ2v) is 4.71. The van der Waals surface area contributed by atoms with Gasteiger partial charge in [-0.05, 0) is 13.8 Å². The van der Waals surface area contributed by atoms with Crippen LogP contribution in [0.5, 0.6) is 0 Å². The van der Waals surface area contributed by atoms with Crippen molar-refractivity contribution in [2.45, 2.75) is 26.6 Å². The van der Waals surface area contributed by atoms with E-state index in [4.69, 9.17) is 16.3 Å². The second kappa shape index (κ2) is 4.38. The van der Waals surface area contributed by atoms with Crippen LogP contribution in [0, 0.1) is 0 Å². The summed E-state index contributed by atoms with van der Waals surface area (Å²) < 4.78 is 5.45. The van der Waals surface area contributed by atoms with E-state index < -0.39 is 0 Å². The number of fused-ring (bicyclic) bond motifs is 1. The molecule has 0 aliphatic carbocycles. The lowest BCUT2D eigenvalue weighted by atomic mass is 10.5. The third-order valence-corrected chi connectivity index (χ3v) is 2.95. The molecule has 4 nitrogen and oxygen atoms in total. The number of halogens is 1. The van der Waals surface area contributed by atoms with E-state index in [9.17, 15) is 0 Å². The molecule has 0 aromatic carbocycles. The maximum absolute atomic E-state index is 5.89. The van der Waals surface area contributed by atoms with Gasteiger partial charge < -0.3 is 4.74 Å². The molecular weight excluding hydrogens is 234 g/mol. The highest BCUT2D eigenvalue weighted by molar-refractivity contribution is 7.18. The van der Waals surface area contributed by atoms with Crippen LogP contribution >= 0.6 is 22.9 Å². The van der Waals surface area contributed by atoms with Gasteiger partial charge in [0, 0.05) is 0 Å². The second-order valence-electron chi connectivity index (χ2n) is 3.29. The summed E-state index contributed by atoms with van der Waals surface area (Å²) in [4.78, 5) is 13.1. The molecule has 0 spiro atoms. The van der Waals surface area contributed by atoms with Crippen LogP contribution in [0.25, 0.3) is 10.3 Å². The summed E-state index contributed by atoms with van der Waals surface area (Å²) in [7, 11) is 0. The molecule has 2 aromatic rings. The summed E-state index contributed by atoms with van der Waals surface area (Å²) in [6, 6.07) is 0. The molecule has 0 saturated carbocycles. The minimum Gasteiger partial charge on any atom is -0.372 e. The SMILES string of the molecule is CC(C)OCc1nc2c(Cl)ncnc2s1. The molecule has 0 bridgehead atoms. The van der Waals surface area contributed by atoms with Gasteiger partial charge in [0.25, 0.3) is 0 Å². The quantitative estimate of drug-likeness (QED) is 0.778. The Labute approximate surface area is 96.3 Å². The van der Waals surface area contributed by atoms with Gasteiger partial charge in [-0.2, -0.15) is 0 Å². The van der Waals surface area contributed by atoms with E-state index in [2.05, 4.69) is 15.0 Å². The molecule has 0 aliphatic heterocycles. The van der Waals surface area contributed by atoms with Crippen molar-refractivity contribution in [2.75, 3.05) is 0 Å². The minimum atomic E-state index is 0.193. The average Bonchev–Trinajstić information content (AvgIpc) is 2.59. The monoisotopic (exact) mass is 243 g/mol. The molecule has 6 heteroatoms. The van der Waals surface area contributed by atoms with Crippen LogP contribution in [0.15, 0.2) is 6.33 Å². The predicted molar refractivity (Wildman–Crippen MR) is 60.1 cm³/mol. The Kier molecular flexibility index (Phi) is 3.14. The number of aromatic nitrogens is 3. The van der Waals surface area contributed by atoms with Crippen molar-refractivity contribution in [3.05, 3.63) is 16.5 Å². The van der Waals surface area contributed by atoms with E-state index in [1.165, 1.54) is 17.7 Å². The van der Waals surface area contributed by atoms with Gasteiger partial charge in [0.05, 0.1) is 12.7 Å². The molecule has 2 rings (SSSR count). The normalized spacial score (nSPS) is 11.5. The number of nitrogens with zero attached hydrogens (tertiary/aromatic N) is 3. The largest absolute Gasteiger partial charge is 0.372 e. The zero-order valence-corrected chi connectivity index (χ0v) is 9.97. The van der Waals surface area contributed by atoms with Gasteiger partial charge >= 0.3 is 0 Å². The van der Waals surface area contributed by atoms with Gasteiger partial charge in [0.15, 0.2) is 5.15 Å². The lowest BCUT2D eigenvalue weighted by Crippen LogP contribution is -2.01. The predicted octanol–water partition coefficient (Wildman–Crippen LogP) is 2.66. The molecule has 80 valence electrons. The Bertz CT molecular complexity index is 471. The lowest BCUT2D eigenvalue weighted by Gasteiger charge is -2.03. The summed E-state index contributed by atoms with van der Waals surface area (Å²) in [5.41, 5.74) is 0.659. The zero-order chi connectivity index (χ0) is 10.8. The molecule has 0 aliphatic rings. The van der Waals surface area contributed by atoms with Gasteiger partial charge in [-0.15, -0.1) is 0 Å². The number of hydrogen-bond acceptors (Lipinski definition) is 5. The standard InChI is InChI=1S/C9H10ClN3OS/c1-5(2)14-3-6-13-7-8(10)11-4-12-9(7)15-6/h4-5H,3H2,1-2H3. The Balaban J connectivity index is 2.27. The van der Waals surface area contributed by atoms with Crippen LogP contribution in [-0.4, -0.2) is 21.1 Å². The van der Waals surface area contributed by atoms with Crippen LogP contribution in [0.2, 0.25) is 5.15 Å². The van der Waals surface area contributed by atoms with Gasteiger partial charge in [-0.3, -0.25) is 0 Å². The molecule has 15 heavy (non-hydrogen) atoms. The number of thiazole rings is 1. The van der Waals surface area contributed by atoms with Crippen LogP contribution in [0.4, 0.5) is 0 Å². The first-order valence-corrected chi connectivity index (χ1v) is 5.74. The molecule has 0 amide bonds. The highest BCUT2D eigenvalue weighted by atomic mass is 35.5. The van der Waals surface area contributed by atoms with Crippen molar-refractivity contribution in [3.8, 4) is 0 Å². The first-order valence-electron chi connectivity index (χ1n) is 4.54. The third-order valence-electron chi connectivity index (χ3n) is 1.74. The lowest BCUT2D eigenvalue weighted by molar-refractivity contribution is 0.0657. The van der Waals surface area contributed by atoms with Crippen LogP contribution in [0.1, 0.15) is 18.9 Å². The molecule has 0 saturated heterocycles. The van der Waals surface area contributed by atoms with Gasteiger partial charge in [0.1, 0.15) is 21.7 Å². The van der Waals surface area contributed by atoms with E-state index in [0.717, 1.165) is 9.84 Å². The Morgan fingerprint density at radius 1 is 1.47 bits per heavy atom. The van der Waals surface area contributed by atoms with Crippen molar-refractivity contribution in [3.63, 3.8) is 0 Å². The summed E-state index contributed by atoms with van der Waals surface area (Å²) in [5, 5.41) is 1.27. The minimum absolute atomic E-state index is 0.193.